The molecule has 0 aliphatic carbocycles. The van der Waals surface area contributed by atoms with Crippen LogP contribution in [0.25, 0.3) is 0 Å². The standard InChI is InChI=1S/C13H20N4O/c14-13(16-18)15-12-7-4-8-17(10-12)9-11-5-2-1-3-6-11/h1-3,5-6,12,18H,4,7-10H2,(H3,14,15,16). The minimum absolute atomic E-state index is 0.0987. The molecule has 5 nitrogen and oxygen atoms in total. The number of nitrogens with two attached hydrogens (primary N) is 1. The maximum atomic E-state index is 8.65. The van der Waals surface area contributed by atoms with Crippen LogP contribution in [0.3, 0.4) is 0 Å². The highest BCUT2D eigenvalue weighted by Crippen LogP contribution is 2.15. The summed E-state index contributed by atoms with van der Waals surface area (Å²) in [4.78, 5) is 6.61. The number of piperidine rings is 1. The molecule has 1 aromatic rings. The molecule has 0 radical (unpaired) electrons. The Morgan fingerprint density at radius 3 is 2.94 bits per heavy atom. The molecule has 0 spiro atoms. The van der Waals surface area contributed by atoms with Crippen LogP contribution in [-0.2, 0) is 6.54 Å². The monoisotopic (exact) mass is 248 g/mol. The quantitative estimate of drug-likeness (QED) is 0.423. The Bertz CT molecular complexity index is 393. The minimum atomic E-state index is 0.0987. The third-order valence-electron chi connectivity index (χ3n) is 3.17. The van der Waals surface area contributed by atoms with Gasteiger partial charge in [0.25, 0.3) is 0 Å². The zero-order valence-corrected chi connectivity index (χ0v) is 10.4. The molecule has 1 saturated heterocycles. The second kappa shape index (κ2) is 6.37. The molecule has 1 aliphatic heterocycles. The van der Waals surface area contributed by atoms with E-state index in [1.807, 2.05) is 11.5 Å². The smallest absolute Gasteiger partial charge is 0.213 e. The number of nitrogens with one attached hydrogen (secondary N) is 1. The number of likely N-dealkylation sites (tertiary alicyclic amines) is 1. The lowest BCUT2D eigenvalue weighted by Gasteiger charge is -2.30. The van der Waals surface area contributed by atoms with Gasteiger partial charge in [-0.05, 0) is 24.9 Å². The fourth-order valence-electron chi connectivity index (χ4n) is 2.35. The number of rotatable bonds is 3. The summed E-state index contributed by atoms with van der Waals surface area (Å²) in [5.41, 5.74) is 8.67. The Kier molecular flexibility index (Phi) is 4.55. The van der Waals surface area contributed by atoms with E-state index in [0.717, 1.165) is 32.5 Å². The zero-order valence-electron chi connectivity index (χ0n) is 10.4. The van der Waals surface area contributed by atoms with Crippen molar-refractivity contribution in [3.63, 3.8) is 0 Å². The number of nitrogens with zero attached hydrogens (tertiary/aromatic N) is 2. The molecular weight excluding hydrogens is 228 g/mol. The van der Waals surface area contributed by atoms with Gasteiger partial charge in [0.2, 0.25) is 5.96 Å². The topological polar surface area (TPSA) is 73.9 Å². The van der Waals surface area contributed by atoms with Crippen molar-refractivity contribution in [2.24, 2.45) is 10.7 Å². The van der Waals surface area contributed by atoms with E-state index in [1.54, 1.807) is 0 Å². The van der Waals surface area contributed by atoms with Crippen molar-refractivity contribution in [1.82, 2.24) is 10.4 Å². The summed E-state index contributed by atoms with van der Waals surface area (Å²) in [6, 6.07) is 10.6. The molecule has 0 amide bonds. The highest BCUT2D eigenvalue weighted by atomic mass is 16.5. The molecule has 1 aliphatic rings. The van der Waals surface area contributed by atoms with E-state index in [1.165, 1.54) is 5.56 Å². The first kappa shape index (κ1) is 12.9. The third kappa shape index (κ3) is 3.72. The van der Waals surface area contributed by atoms with Gasteiger partial charge in [-0.1, -0.05) is 30.3 Å². The third-order valence-corrected chi connectivity index (χ3v) is 3.17. The lowest BCUT2D eigenvalue weighted by molar-refractivity contribution is 0.198. The number of aliphatic imine (C=N–C) groups is 1. The number of hydrogen-bond acceptors (Lipinski definition) is 3. The van der Waals surface area contributed by atoms with Crippen LogP contribution >= 0.6 is 0 Å². The number of guanidine groups is 1. The Balaban J connectivity index is 1.91. The fourth-order valence-corrected chi connectivity index (χ4v) is 2.35. The van der Waals surface area contributed by atoms with Gasteiger partial charge < -0.3 is 5.73 Å². The van der Waals surface area contributed by atoms with Crippen LogP contribution in [-0.4, -0.2) is 35.2 Å². The van der Waals surface area contributed by atoms with Crippen molar-refractivity contribution in [3.05, 3.63) is 35.9 Å². The van der Waals surface area contributed by atoms with E-state index in [4.69, 9.17) is 10.9 Å². The van der Waals surface area contributed by atoms with Gasteiger partial charge in [0.05, 0.1) is 6.04 Å². The molecule has 18 heavy (non-hydrogen) atoms. The first-order valence-electron chi connectivity index (χ1n) is 6.27. The summed E-state index contributed by atoms with van der Waals surface area (Å²) >= 11 is 0. The van der Waals surface area contributed by atoms with Gasteiger partial charge in [-0.15, -0.1) is 0 Å². The molecule has 4 N–H and O–H groups in total. The predicted octanol–water partition coefficient (Wildman–Crippen LogP) is 0.944. The van der Waals surface area contributed by atoms with E-state index in [2.05, 4.69) is 34.2 Å². The fraction of sp³-hybridized carbons (Fsp3) is 0.462. The molecule has 2 rings (SSSR count). The maximum Gasteiger partial charge on any atom is 0.213 e. The minimum Gasteiger partial charge on any atom is -0.368 e. The average Bonchev–Trinajstić information content (AvgIpc) is 2.40. The Morgan fingerprint density at radius 1 is 1.44 bits per heavy atom. The molecule has 0 saturated carbocycles. The summed E-state index contributed by atoms with van der Waals surface area (Å²) in [6.45, 7) is 2.92. The van der Waals surface area contributed by atoms with Crippen LogP contribution in [0.2, 0.25) is 0 Å². The van der Waals surface area contributed by atoms with Crippen LogP contribution in [0.4, 0.5) is 0 Å². The van der Waals surface area contributed by atoms with Gasteiger partial charge in [0.15, 0.2) is 0 Å². The maximum absolute atomic E-state index is 8.65. The van der Waals surface area contributed by atoms with Crippen molar-refractivity contribution < 1.29 is 5.21 Å². The summed E-state index contributed by atoms with van der Waals surface area (Å²) in [7, 11) is 0. The average molecular weight is 248 g/mol. The lowest BCUT2D eigenvalue weighted by Crippen LogP contribution is -2.39. The van der Waals surface area contributed by atoms with Gasteiger partial charge >= 0.3 is 0 Å². The van der Waals surface area contributed by atoms with Crippen molar-refractivity contribution in [3.8, 4) is 0 Å². The summed E-state index contributed by atoms with van der Waals surface area (Å²) in [5, 5.41) is 8.65. The highest BCUT2D eigenvalue weighted by Gasteiger charge is 2.19. The van der Waals surface area contributed by atoms with Crippen LogP contribution in [0, 0.1) is 0 Å². The van der Waals surface area contributed by atoms with E-state index in [0.29, 0.717) is 0 Å². The Morgan fingerprint density at radius 2 is 2.22 bits per heavy atom. The van der Waals surface area contributed by atoms with Gasteiger partial charge in [-0.3, -0.25) is 10.1 Å². The summed E-state index contributed by atoms with van der Waals surface area (Å²) in [6.07, 6.45) is 2.13. The van der Waals surface area contributed by atoms with E-state index < -0.39 is 0 Å². The second-order valence-electron chi connectivity index (χ2n) is 4.64. The molecule has 1 atom stereocenters. The molecular formula is C13H20N4O. The molecule has 0 aromatic heterocycles. The van der Waals surface area contributed by atoms with E-state index in [-0.39, 0.29) is 12.0 Å². The van der Waals surface area contributed by atoms with Crippen molar-refractivity contribution in [1.29, 1.82) is 0 Å². The number of hydrogen-bond donors (Lipinski definition) is 3. The molecule has 1 aromatic carbocycles. The van der Waals surface area contributed by atoms with Gasteiger partial charge in [0.1, 0.15) is 0 Å². The lowest BCUT2D eigenvalue weighted by atomic mass is 10.1. The van der Waals surface area contributed by atoms with Crippen LogP contribution in [0.5, 0.6) is 0 Å². The largest absolute Gasteiger partial charge is 0.368 e. The molecule has 1 fully saturated rings. The van der Waals surface area contributed by atoms with Crippen molar-refractivity contribution in [2.45, 2.75) is 25.4 Å². The predicted molar refractivity (Wildman–Crippen MR) is 71.3 cm³/mol. The van der Waals surface area contributed by atoms with Gasteiger partial charge in [0, 0.05) is 13.1 Å². The van der Waals surface area contributed by atoms with Crippen molar-refractivity contribution >= 4 is 5.96 Å². The van der Waals surface area contributed by atoms with Crippen molar-refractivity contribution in [2.75, 3.05) is 13.1 Å². The SMILES string of the molecule is NC(=NC1CCCN(Cc2ccccc2)C1)NO. The molecule has 1 unspecified atom stereocenters. The number of hydroxylamine groups is 1. The molecule has 98 valence electrons. The second-order valence-corrected chi connectivity index (χ2v) is 4.64. The number of benzene rings is 1. The molecule has 0 bridgehead atoms. The summed E-state index contributed by atoms with van der Waals surface area (Å²) in [5.74, 6) is 0.0987. The van der Waals surface area contributed by atoms with Crippen LogP contribution < -0.4 is 11.2 Å². The zero-order chi connectivity index (χ0) is 12.8. The Hall–Kier alpha value is -1.59. The van der Waals surface area contributed by atoms with Crippen LogP contribution in [0.15, 0.2) is 35.3 Å². The first-order chi connectivity index (χ1) is 8.78. The molecule has 5 heteroatoms. The normalized spacial score (nSPS) is 21.8. The van der Waals surface area contributed by atoms with E-state index in [9.17, 15) is 0 Å². The molecule has 1 heterocycles. The Labute approximate surface area is 107 Å². The van der Waals surface area contributed by atoms with Gasteiger partial charge in [-0.2, -0.15) is 0 Å². The summed E-state index contributed by atoms with van der Waals surface area (Å²) < 4.78 is 0. The van der Waals surface area contributed by atoms with Gasteiger partial charge in [-0.25, -0.2) is 10.5 Å². The highest BCUT2D eigenvalue weighted by molar-refractivity contribution is 5.76. The van der Waals surface area contributed by atoms with Crippen LogP contribution in [0.1, 0.15) is 18.4 Å². The van der Waals surface area contributed by atoms with E-state index >= 15 is 0 Å². The first-order valence-corrected chi connectivity index (χ1v) is 6.27.